The number of fused-ring (bicyclic) bond motifs is 1. The van der Waals surface area contributed by atoms with Gasteiger partial charge >= 0.3 is 0 Å². The highest BCUT2D eigenvalue weighted by Gasteiger charge is 2.21. The second-order valence-electron chi connectivity index (χ2n) is 4.80. The first kappa shape index (κ1) is 15.1. The van der Waals surface area contributed by atoms with Gasteiger partial charge in [-0.3, -0.25) is 9.89 Å². The van der Waals surface area contributed by atoms with Crippen LogP contribution in [0.15, 0.2) is 23.0 Å². The molecule has 0 saturated heterocycles. The third-order valence-electron chi connectivity index (χ3n) is 3.07. The first-order valence-electron chi connectivity index (χ1n) is 6.41. The van der Waals surface area contributed by atoms with E-state index >= 15 is 0 Å². The highest BCUT2D eigenvalue weighted by Crippen LogP contribution is 2.27. The molecule has 1 aromatic carbocycles. The van der Waals surface area contributed by atoms with E-state index in [1.165, 1.54) is 4.52 Å². The lowest BCUT2D eigenvalue weighted by atomic mass is 10.3. The van der Waals surface area contributed by atoms with Crippen LogP contribution in [0.1, 0.15) is 11.4 Å². The van der Waals surface area contributed by atoms with Gasteiger partial charge in [-0.1, -0.05) is 0 Å². The van der Waals surface area contributed by atoms with Gasteiger partial charge in [0.1, 0.15) is 6.61 Å². The molecule has 0 aliphatic rings. The summed E-state index contributed by atoms with van der Waals surface area (Å²) in [4.78, 5) is 15.9. The van der Waals surface area contributed by atoms with Gasteiger partial charge in [0.25, 0.3) is 5.56 Å². The molecule has 0 aliphatic heterocycles. The fourth-order valence-electron chi connectivity index (χ4n) is 2.06. The highest BCUT2D eigenvalue weighted by molar-refractivity contribution is 5.39. The Hall–Kier alpha value is -2.84. The maximum Gasteiger partial charge on any atom is 0.273 e. The standard InChI is InChI=1S/C14H9F4N3O2/c1-6-2-10-19-7(3-11(22)21(10)20-6)5-23-14-12(17)8(15)4-9(16)13(14)18/h2-4,20H,5H2,1H3. The summed E-state index contributed by atoms with van der Waals surface area (Å²) in [6.07, 6.45) is 0. The van der Waals surface area contributed by atoms with Gasteiger partial charge in [-0.25, -0.2) is 18.3 Å². The summed E-state index contributed by atoms with van der Waals surface area (Å²) < 4.78 is 59.1. The number of hydrogen-bond donors (Lipinski definition) is 1. The molecule has 0 amide bonds. The van der Waals surface area contributed by atoms with E-state index in [2.05, 4.69) is 10.1 Å². The van der Waals surface area contributed by atoms with E-state index in [1.54, 1.807) is 13.0 Å². The predicted molar refractivity (Wildman–Crippen MR) is 71.2 cm³/mol. The van der Waals surface area contributed by atoms with E-state index in [0.29, 0.717) is 5.69 Å². The molecule has 0 atom stereocenters. The van der Waals surface area contributed by atoms with Crippen LogP contribution in [0.2, 0.25) is 0 Å². The van der Waals surface area contributed by atoms with Crippen molar-refractivity contribution in [2.45, 2.75) is 13.5 Å². The number of H-pyrrole nitrogens is 1. The fraction of sp³-hybridized carbons (Fsp3) is 0.143. The number of nitrogens with zero attached hydrogens (tertiary/aromatic N) is 2. The van der Waals surface area contributed by atoms with Crippen LogP contribution in [0, 0.1) is 30.2 Å². The number of aryl methyl sites for hydroxylation is 1. The van der Waals surface area contributed by atoms with Crippen molar-refractivity contribution in [2.75, 3.05) is 0 Å². The minimum absolute atomic E-state index is 0.0532. The van der Waals surface area contributed by atoms with Crippen molar-refractivity contribution < 1.29 is 22.3 Å². The van der Waals surface area contributed by atoms with Crippen molar-refractivity contribution in [3.63, 3.8) is 0 Å². The smallest absolute Gasteiger partial charge is 0.273 e. The lowest BCUT2D eigenvalue weighted by Gasteiger charge is -2.09. The number of benzene rings is 1. The normalized spacial score (nSPS) is 11.2. The molecule has 0 aliphatic carbocycles. The quantitative estimate of drug-likeness (QED) is 0.594. The Bertz CT molecular complexity index is 939. The monoisotopic (exact) mass is 327 g/mol. The van der Waals surface area contributed by atoms with Gasteiger partial charge in [-0.15, -0.1) is 0 Å². The molecule has 3 rings (SSSR count). The van der Waals surface area contributed by atoms with Gasteiger partial charge in [0.15, 0.2) is 23.0 Å². The average Bonchev–Trinajstić information content (AvgIpc) is 2.86. The number of halogens is 4. The molecule has 3 aromatic rings. The van der Waals surface area contributed by atoms with Gasteiger partial charge in [0, 0.05) is 23.9 Å². The van der Waals surface area contributed by atoms with Gasteiger partial charge in [0.05, 0.1) is 5.69 Å². The summed E-state index contributed by atoms with van der Waals surface area (Å²) in [6, 6.07) is 2.74. The second kappa shape index (κ2) is 5.41. The lowest BCUT2D eigenvalue weighted by molar-refractivity contribution is 0.258. The largest absolute Gasteiger partial charge is 0.481 e. The summed E-state index contributed by atoms with van der Waals surface area (Å²) in [5.41, 5.74) is 0.544. The van der Waals surface area contributed by atoms with Crippen molar-refractivity contribution in [1.82, 2.24) is 14.6 Å². The van der Waals surface area contributed by atoms with Crippen LogP contribution in [0.3, 0.4) is 0 Å². The molecule has 2 aromatic heterocycles. The van der Waals surface area contributed by atoms with Crippen molar-refractivity contribution in [1.29, 1.82) is 0 Å². The van der Waals surface area contributed by atoms with E-state index in [1.807, 2.05) is 0 Å². The molecular weight excluding hydrogens is 318 g/mol. The fourth-order valence-corrected chi connectivity index (χ4v) is 2.06. The number of nitrogens with one attached hydrogen (secondary N) is 1. The third kappa shape index (κ3) is 2.65. The molecule has 1 N–H and O–H groups in total. The molecule has 2 heterocycles. The van der Waals surface area contributed by atoms with Gasteiger partial charge in [0.2, 0.25) is 11.6 Å². The highest BCUT2D eigenvalue weighted by atomic mass is 19.2. The zero-order chi connectivity index (χ0) is 16.7. The van der Waals surface area contributed by atoms with Crippen molar-refractivity contribution in [2.24, 2.45) is 0 Å². The summed E-state index contributed by atoms with van der Waals surface area (Å²) in [5, 5.41) is 2.74. The van der Waals surface area contributed by atoms with E-state index in [-0.39, 0.29) is 17.4 Å². The molecule has 9 heteroatoms. The first-order valence-corrected chi connectivity index (χ1v) is 6.41. The van der Waals surface area contributed by atoms with Crippen LogP contribution in [0.5, 0.6) is 5.75 Å². The molecule has 0 saturated carbocycles. The number of aromatic amines is 1. The number of rotatable bonds is 3. The van der Waals surface area contributed by atoms with Gasteiger partial charge < -0.3 is 4.74 Å². The van der Waals surface area contributed by atoms with Crippen molar-refractivity contribution in [3.8, 4) is 5.75 Å². The SMILES string of the molecule is Cc1cc2nc(COc3c(F)c(F)cc(F)c3F)cc(=O)n2[nH]1. The second-order valence-corrected chi connectivity index (χ2v) is 4.80. The molecule has 120 valence electrons. The summed E-state index contributed by atoms with van der Waals surface area (Å²) in [5.74, 6) is -7.67. The van der Waals surface area contributed by atoms with Crippen LogP contribution in [0.25, 0.3) is 5.65 Å². The minimum Gasteiger partial charge on any atom is -0.481 e. The topological polar surface area (TPSA) is 59.4 Å². The van der Waals surface area contributed by atoms with Crippen molar-refractivity contribution >= 4 is 5.65 Å². The van der Waals surface area contributed by atoms with Crippen LogP contribution in [-0.4, -0.2) is 14.6 Å². The van der Waals surface area contributed by atoms with Crippen LogP contribution in [-0.2, 0) is 6.61 Å². The van der Waals surface area contributed by atoms with E-state index in [9.17, 15) is 22.4 Å². The predicted octanol–water partition coefficient (Wildman–Crippen LogP) is 2.47. The molecule has 5 nitrogen and oxygen atoms in total. The Morgan fingerprint density at radius 1 is 1.13 bits per heavy atom. The van der Waals surface area contributed by atoms with Gasteiger partial charge in [-0.2, -0.15) is 8.78 Å². The summed E-state index contributed by atoms with van der Waals surface area (Å²) in [6.45, 7) is 1.18. The maximum atomic E-state index is 13.5. The summed E-state index contributed by atoms with van der Waals surface area (Å²) >= 11 is 0. The number of aromatic nitrogens is 3. The van der Waals surface area contributed by atoms with E-state index in [0.717, 1.165) is 6.07 Å². The van der Waals surface area contributed by atoms with Crippen LogP contribution >= 0.6 is 0 Å². The Kier molecular flexibility index (Phi) is 3.55. The zero-order valence-electron chi connectivity index (χ0n) is 11.7. The molecule has 23 heavy (non-hydrogen) atoms. The first-order chi connectivity index (χ1) is 10.9. The molecule has 0 spiro atoms. The Morgan fingerprint density at radius 3 is 2.43 bits per heavy atom. The van der Waals surface area contributed by atoms with Crippen LogP contribution in [0.4, 0.5) is 17.6 Å². The van der Waals surface area contributed by atoms with Crippen LogP contribution < -0.4 is 10.3 Å². The lowest BCUT2D eigenvalue weighted by Crippen LogP contribution is -2.16. The molecular formula is C14H9F4N3O2. The van der Waals surface area contributed by atoms with E-state index < -0.39 is 41.2 Å². The Morgan fingerprint density at radius 2 is 1.78 bits per heavy atom. The number of hydrogen-bond acceptors (Lipinski definition) is 3. The molecule has 0 unspecified atom stereocenters. The minimum atomic E-state index is -1.65. The molecule has 0 radical (unpaired) electrons. The summed E-state index contributed by atoms with van der Waals surface area (Å²) in [7, 11) is 0. The Balaban J connectivity index is 1.94. The number of ether oxygens (including phenoxy) is 1. The van der Waals surface area contributed by atoms with Crippen molar-refractivity contribution in [3.05, 3.63) is 63.2 Å². The van der Waals surface area contributed by atoms with Gasteiger partial charge in [-0.05, 0) is 6.92 Å². The zero-order valence-corrected chi connectivity index (χ0v) is 11.7. The van der Waals surface area contributed by atoms with E-state index in [4.69, 9.17) is 4.74 Å². The Labute approximate surface area is 126 Å². The third-order valence-corrected chi connectivity index (χ3v) is 3.07. The average molecular weight is 327 g/mol. The molecule has 0 bridgehead atoms. The molecule has 0 fully saturated rings. The maximum absolute atomic E-state index is 13.5.